The lowest BCUT2D eigenvalue weighted by atomic mass is 9.82. The molecule has 2 rings (SSSR count). The molecule has 0 unspecified atom stereocenters. The van der Waals surface area contributed by atoms with E-state index in [0.29, 0.717) is 11.3 Å². The molecule has 19 heavy (non-hydrogen) atoms. The summed E-state index contributed by atoms with van der Waals surface area (Å²) >= 11 is 0. The Kier molecular flexibility index (Phi) is 3.34. The van der Waals surface area contributed by atoms with Gasteiger partial charge >= 0.3 is 0 Å². The van der Waals surface area contributed by atoms with Gasteiger partial charge in [0.2, 0.25) is 5.88 Å². The maximum Gasteiger partial charge on any atom is 0.205 e. The normalized spacial score (nSPS) is 18.9. The highest BCUT2D eigenvalue weighted by Gasteiger charge is 2.33. The summed E-state index contributed by atoms with van der Waals surface area (Å²) in [5.41, 5.74) is 7.25. The fourth-order valence-electron chi connectivity index (χ4n) is 2.22. The van der Waals surface area contributed by atoms with E-state index in [1.54, 1.807) is 31.5 Å². The van der Waals surface area contributed by atoms with Gasteiger partial charge in [-0.25, -0.2) is 0 Å². The van der Waals surface area contributed by atoms with Crippen LogP contribution in [0.4, 0.5) is 0 Å². The molecule has 0 saturated heterocycles. The molecule has 2 heterocycles. The zero-order valence-electron chi connectivity index (χ0n) is 10.7. The van der Waals surface area contributed by atoms with Gasteiger partial charge in [0.25, 0.3) is 0 Å². The SMILES string of the molecule is CC(=O)C1=C(C)OC(N)=C(C#N)[C@@H]1c1ccncc1. The smallest absolute Gasteiger partial charge is 0.205 e. The largest absolute Gasteiger partial charge is 0.445 e. The molecule has 5 nitrogen and oxygen atoms in total. The van der Waals surface area contributed by atoms with E-state index in [1.807, 2.05) is 6.07 Å². The molecule has 0 spiro atoms. The molecule has 2 N–H and O–H groups in total. The number of nitriles is 1. The van der Waals surface area contributed by atoms with Gasteiger partial charge in [0.15, 0.2) is 5.78 Å². The molecule has 1 aliphatic rings. The second kappa shape index (κ2) is 4.94. The monoisotopic (exact) mass is 255 g/mol. The van der Waals surface area contributed by atoms with E-state index >= 15 is 0 Å². The number of pyridine rings is 1. The first-order chi connectivity index (χ1) is 9.06. The number of aromatic nitrogens is 1. The quantitative estimate of drug-likeness (QED) is 0.869. The fraction of sp³-hybridized carbons (Fsp3) is 0.214. The minimum Gasteiger partial charge on any atom is -0.445 e. The van der Waals surface area contributed by atoms with Crippen molar-refractivity contribution in [1.82, 2.24) is 4.98 Å². The van der Waals surface area contributed by atoms with Crippen LogP contribution >= 0.6 is 0 Å². The standard InChI is InChI=1S/C14H13N3O2/c1-8(18)12-9(2)19-14(16)11(7-15)13(12)10-3-5-17-6-4-10/h3-6,13H,16H2,1-2H3/t13-/m0/s1. The lowest BCUT2D eigenvalue weighted by Crippen LogP contribution is -2.23. The lowest BCUT2D eigenvalue weighted by Gasteiger charge is -2.26. The minimum absolute atomic E-state index is 0.0480. The van der Waals surface area contributed by atoms with Gasteiger partial charge < -0.3 is 10.5 Å². The Morgan fingerprint density at radius 2 is 2.11 bits per heavy atom. The van der Waals surface area contributed by atoms with Gasteiger partial charge in [0.05, 0.1) is 5.92 Å². The van der Waals surface area contributed by atoms with Crippen LogP contribution in [0.15, 0.2) is 47.3 Å². The summed E-state index contributed by atoms with van der Waals surface area (Å²) in [5.74, 6) is -0.142. The van der Waals surface area contributed by atoms with E-state index in [4.69, 9.17) is 10.5 Å². The van der Waals surface area contributed by atoms with Crippen molar-refractivity contribution in [2.75, 3.05) is 0 Å². The summed E-state index contributed by atoms with van der Waals surface area (Å²) in [6.45, 7) is 3.12. The van der Waals surface area contributed by atoms with Gasteiger partial charge in [-0.1, -0.05) is 0 Å². The van der Waals surface area contributed by atoms with Crippen LogP contribution in [0.2, 0.25) is 0 Å². The molecule has 0 bridgehead atoms. The second-order valence-corrected chi connectivity index (χ2v) is 4.23. The molecule has 1 aromatic rings. The van der Waals surface area contributed by atoms with Gasteiger partial charge in [-0.05, 0) is 31.5 Å². The maximum atomic E-state index is 11.8. The molecule has 0 radical (unpaired) electrons. The zero-order chi connectivity index (χ0) is 14.0. The summed E-state index contributed by atoms with van der Waals surface area (Å²) in [5, 5.41) is 9.26. The predicted octanol–water partition coefficient (Wildman–Crippen LogP) is 1.75. The van der Waals surface area contributed by atoms with E-state index in [-0.39, 0.29) is 17.2 Å². The Labute approximate surface area is 111 Å². The molecular formula is C14H13N3O2. The number of rotatable bonds is 2. The van der Waals surface area contributed by atoms with Crippen molar-refractivity contribution in [3.8, 4) is 6.07 Å². The van der Waals surface area contributed by atoms with Crippen LogP contribution in [0.3, 0.4) is 0 Å². The molecule has 1 aliphatic heterocycles. The topological polar surface area (TPSA) is 89.0 Å². The third-order valence-electron chi connectivity index (χ3n) is 3.02. The number of carbonyl (C=O) groups excluding carboxylic acids is 1. The molecular weight excluding hydrogens is 242 g/mol. The van der Waals surface area contributed by atoms with Crippen molar-refractivity contribution in [3.63, 3.8) is 0 Å². The highest BCUT2D eigenvalue weighted by atomic mass is 16.5. The molecule has 0 aromatic carbocycles. The summed E-state index contributed by atoms with van der Waals surface area (Å²) in [7, 11) is 0. The van der Waals surface area contributed by atoms with Crippen molar-refractivity contribution in [2.24, 2.45) is 5.73 Å². The number of nitrogens with zero attached hydrogens (tertiary/aromatic N) is 2. The number of carbonyl (C=O) groups is 1. The van der Waals surface area contributed by atoms with Gasteiger partial charge in [0, 0.05) is 18.0 Å². The number of nitrogens with two attached hydrogens (primary N) is 1. The number of Topliss-reactive ketones (excluding diaryl/α,β-unsaturated/α-hetero) is 1. The first-order valence-electron chi connectivity index (χ1n) is 5.75. The third kappa shape index (κ3) is 2.20. The molecule has 96 valence electrons. The van der Waals surface area contributed by atoms with E-state index in [2.05, 4.69) is 4.98 Å². The Bertz CT molecular complexity index is 624. The number of ether oxygens (including phenoxy) is 1. The number of ketones is 1. The van der Waals surface area contributed by atoms with Crippen molar-refractivity contribution < 1.29 is 9.53 Å². The average molecular weight is 255 g/mol. The number of hydrogen-bond acceptors (Lipinski definition) is 5. The van der Waals surface area contributed by atoms with Crippen molar-refractivity contribution in [1.29, 1.82) is 5.26 Å². The molecule has 0 aliphatic carbocycles. The summed E-state index contributed by atoms with van der Waals surface area (Å²) in [4.78, 5) is 15.8. The molecule has 1 atom stereocenters. The van der Waals surface area contributed by atoms with Crippen LogP contribution in [-0.4, -0.2) is 10.8 Å². The van der Waals surface area contributed by atoms with Crippen molar-refractivity contribution >= 4 is 5.78 Å². The Balaban J connectivity index is 2.65. The van der Waals surface area contributed by atoms with Gasteiger partial charge in [-0.15, -0.1) is 0 Å². The van der Waals surface area contributed by atoms with Crippen LogP contribution < -0.4 is 5.73 Å². The van der Waals surface area contributed by atoms with Crippen molar-refractivity contribution in [3.05, 3.63) is 52.9 Å². The third-order valence-corrected chi connectivity index (χ3v) is 3.02. The molecule has 5 heteroatoms. The van der Waals surface area contributed by atoms with Gasteiger partial charge in [-0.3, -0.25) is 9.78 Å². The van der Waals surface area contributed by atoms with Gasteiger partial charge in [-0.2, -0.15) is 5.26 Å². The Morgan fingerprint density at radius 1 is 1.47 bits per heavy atom. The highest BCUT2D eigenvalue weighted by molar-refractivity contribution is 5.96. The molecule has 0 amide bonds. The summed E-state index contributed by atoms with van der Waals surface area (Å²) < 4.78 is 5.29. The summed E-state index contributed by atoms with van der Waals surface area (Å²) in [6, 6.07) is 5.55. The van der Waals surface area contributed by atoms with Gasteiger partial charge in [0.1, 0.15) is 17.4 Å². The van der Waals surface area contributed by atoms with E-state index in [0.717, 1.165) is 5.56 Å². The predicted molar refractivity (Wildman–Crippen MR) is 68.3 cm³/mol. The molecule has 0 fully saturated rings. The lowest BCUT2D eigenvalue weighted by molar-refractivity contribution is -0.114. The van der Waals surface area contributed by atoms with E-state index < -0.39 is 5.92 Å². The van der Waals surface area contributed by atoms with E-state index in [9.17, 15) is 10.1 Å². The summed E-state index contributed by atoms with van der Waals surface area (Å²) in [6.07, 6.45) is 3.23. The maximum absolute atomic E-state index is 11.8. The van der Waals surface area contributed by atoms with Crippen molar-refractivity contribution in [2.45, 2.75) is 19.8 Å². The number of allylic oxidation sites excluding steroid dienone is 3. The first-order valence-corrected chi connectivity index (χ1v) is 5.75. The Hall–Kier alpha value is -2.61. The molecule has 0 saturated carbocycles. The average Bonchev–Trinajstić information content (AvgIpc) is 2.38. The van der Waals surface area contributed by atoms with Crippen LogP contribution in [-0.2, 0) is 9.53 Å². The van der Waals surface area contributed by atoms with Crippen LogP contribution in [0.5, 0.6) is 0 Å². The van der Waals surface area contributed by atoms with Crippen LogP contribution in [0.1, 0.15) is 25.3 Å². The second-order valence-electron chi connectivity index (χ2n) is 4.23. The van der Waals surface area contributed by atoms with E-state index in [1.165, 1.54) is 6.92 Å². The Morgan fingerprint density at radius 3 is 2.63 bits per heavy atom. The molecule has 1 aromatic heterocycles. The van der Waals surface area contributed by atoms with Crippen LogP contribution in [0, 0.1) is 11.3 Å². The van der Waals surface area contributed by atoms with Crippen LogP contribution in [0.25, 0.3) is 0 Å². The fourth-order valence-corrected chi connectivity index (χ4v) is 2.22. The minimum atomic E-state index is -0.487. The zero-order valence-corrected chi connectivity index (χ0v) is 10.7. The number of hydrogen-bond donors (Lipinski definition) is 1. The highest BCUT2D eigenvalue weighted by Crippen LogP contribution is 2.38. The first kappa shape index (κ1) is 12.8.